The largest absolute Gasteiger partial charge is 0.388 e. The quantitative estimate of drug-likeness (QED) is 0.599. The van der Waals surface area contributed by atoms with E-state index in [9.17, 15) is 5.11 Å². The van der Waals surface area contributed by atoms with Gasteiger partial charge in [0.1, 0.15) is 0 Å². The lowest BCUT2D eigenvalue weighted by atomic mass is 10.0. The molecule has 0 amide bonds. The molecule has 2 aromatic carbocycles. The highest BCUT2D eigenvalue weighted by atomic mass is 127. The molecule has 1 aromatic heterocycles. The van der Waals surface area contributed by atoms with Gasteiger partial charge in [-0.1, -0.05) is 34.1 Å². The first-order chi connectivity index (χ1) is 10.1. The van der Waals surface area contributed by atoms with E-state index in [1.54, 1.807) is 0 Å². The van der Waals surface area contributed by atoms with Crippen molar-refractivity contribution in [3.8, 4) is 0 Å². The van der Waals surface area contributed by atoms with Gasteiger partial charge in [-0.3, -0.25) is 4.68 Å². The molecular formula is C16H14BrIN2O. The van der Waals surface area contributed by atoms with Gasteiger partial charge in [0.05, 0.1) is 17.3 Å². The highest BCUT2D eigenvalue weighted by molar-refractivity contribution is 14.1. The summed E-state index contributed by atoms with van der Waals surface area (Å²) < 4.78 is 3.90. The topological polar surface area (TPSA) is 38.0 Å². The molecule has 0 spiro atoms. The molecule has 5 heteroatoms. The van der Waals surface area contributed by atoms with Crippen molar-refractivity contribution in [3.05, 3.63) is 61.8 Å². The van der Waals surface area contributed by atoms with E-state index < -0.39 is 6.10 Å². The van der Waals surface area contributed by atoms with Gasteiger partial charge in [-0.2, -0.15) is 5.10 Å². The minimum absolute atomic E-state index is 0.500. The summed E-state index contributed by atoms with van der Waals surface area (Å²) in [5.74, 6) is 0. The van der Waals surface area contributed by atoms with E-state index in [-0.39, 0.29) is 0 Å². The van der Waals surface area contributed by atoms with E-state index in [4.69, 9.17) is 0 Å². The number of halogens is 2. The number of aryl methyl sites for hydroxylation is 1. The van der Waals surface area contributed by atoms with Crippen LogP contribution in [0.3, 0.4) is 0 Å². The maximum atomic E-state index is 10.6. The van der Waals surface area contributed by atoms with Crippen LogP contribution in [0, 0.1) is 3.57 Å². The molecule has 1 unspecified atom stereocenters. The Bertz CT molecular complexity index is 800. The molecule has 1 heterocycles. The smallest absolute Gasteiger partial charge is 0.0857 e. The molecule has 3 rings (SSSR count). The maximum Gasteiger partial charge on any atom is 0.0857 e. The van der Waals surface area contributed by atoms with E-state index >= 15 is 0 Å². The Labute approximate surface area is 145 Å². The highest BCUT2D eigenvalue weighted by Gasteiger charge is 2.16. The number of rotatable bonds is 3. The van der Waals surface area contributed by atoms with E-state index in [0.717, 1.165) is 30.2 Å². The lowest BCUT2D eigenvalue weighted by Crippen LogP contribution is -2.04. The molecule has 1 N–H and O–H groups in total. The molecule has 0 fully saturated rings. The minimum atomic E-state index is -0.576. The summed E-state index contributed by atoms with van der Waals surface area (Å²) in [6.07, 6.45) is -0.0764. The number of fused-ring (bicyclic) bond motifs is 1. The van der Waals surface area contributed by atoms with Crippen molar-refractivity contribution in [3.63, 3.8) is 0 Å². The number of para-hydroxylation sites is 1. The molecule has 0 saturated carbocycles. The molecule has 0 bridgehead atoms. The molecule has 0 aliphatic rings. The Morgan fingerprint density at radius 3 is 2.86 bits per heavy atom. The van der Waals surface area contributed by atoms with E-state index in [2.05, 4.69) is 43.6 Å². The fraction of sp³-hybridized carbons (Fsp3) is 0.188. The fourth-order valence-corrected chi connectivity index (χ4v) is 3.53. The second kappa shape index (κ2) is 6.06. The first kappa shape index (κ1) is 15.0. The number of benzene rings is 2. The van der Waals surface area contributed by atoms with Crippen LogP contribution in [0.25, 0.3) is 10.9 Å². The molecule has 21 heavy (non-hydrogen) atoms. The zero-order chi connectivity index (χ0) is 15.0. The zero-order valence-corrected chi connectivity index (χ0v) is 15.2. The molecule has 108 valence electrons. The van der Waals surface area contributed by atoms with Crippen LogP contribution in [0.5, 0.6) is 0 Å². The van der Waals surface area contributed by atoms with Gasteiger partial charge < -0.3 is 5.11 Å². The maximum absolute atomic E-state index is 10.6. The summed E-state index contributed by atoms with van der Waals surface area (Å²) in [6, 6.07) is 14.1. The lowest BCUT2D eigenvalue weighted by molar-refractivity contribution is 0.176. The SMILES string of the molecule is Cn1nc(CC(O)c2cc(I)ccc2Br)c2ccccc21. The van der Waals surface area contributed by atoms with Crippen molar-refractivity contribution in [1.82, 2.24) is 9.78 Å². The van der Waals surface area contributed by atoms with Gasteiger partial charge in [0.2, 0.25) is 0 Å². The standard InChI is InChI=1S/C16H14BrIN2O/c1-20-15-5-3-2-4-11(15)14(19-20)9-16(21)12-8-10(18)6-7-13(12)17/h2-8,16,21H,9H2,1H3. The molecule has 0 saturated heterocycles. The molecule has 0 aliphatic heterocycles. The third-order valence-corrected chi connectivity index (χ3v) is 4.93. The highest BCUT2D eigenvalue weighted by Crippen LogP contribution is 2.29. The summed E-state index contributed by atoms with van der Waals surface area (Å²) >= 11 is 5.76. The molecule has 1 atom stereocenters. The van der Waals surface area contributed by atoms with Gasteiger partial charge in [-0.05, 0) is 52.4 Å². The predicted molar refractivity (Wildman–Crippen MR) is 96.2 cm³/mol. The molecule has 3 nitrogen and oxygen atoms in total. The van der Waals surface area contributed by atoms with Crippen LogP contribution in [-0.4, -0.2) is 14.9 Å². The number of hydrogen-bond acceptors (Lipinski definition) is 2. The summed E-state index contributed by atoms with van der Waals surface area (Å²) in [4.78, 5) is 0. The number of aromatic nitrogens is 2. The van der Waals surface area contributed by atoms with Crippen LogP contribution in [0.4, 0.5) is 0 Å². The third-order valence-electron chi connectivity index (χ3n) is 3.54. The van der Waals surface area contributed by atoms with Crippen LogP contribution in [0.15, 0.2) is 46.9 Å². The van der Waals surface area contributed by atoms with Crippen molar-refractivity contribution < 1.29 is 5.11 Å². The Hall–Kier alpha value is -0.920. The summed E-state index contributed by atoms with van der Waals surface area (Å²) in [6.45, 7) is 0. The number of hydrogen-bond donors (Lipinski definition) is 1. The normalized spacial score (nSPS) is 12.8. The van der Waals surface area contributed by atoms with Crippen molar-refractivity contribution in [2.45, 2.75) is 12.5 Å². The van der Waals surface area contributed by atoms with Gasteiger partial charge in [0.25, 0.3) is 0 Å². The van der Waals surface area contributed by atoms with Crippen molar-refractivity contribution in [1.29, 1.82) is 0 Å². The van der Waals surface area contributed by atoms with Crippen LogP contribution in [0.2, 0.25) is 0 Å². The Kier molecular flexibility index (Phi) is 4.33. The number of nitrogens with zero attached hydrogens (tertiary/aromatic N) is 2. The van der Waals surface area contributed by atoms with Crippen LogP contribution in [-0.2, 0) is 13.5 Å². The van der Waals surface area contributed by atoms with Crippen molar-refractivity contribution in [2.24, 2.45) is 7.05 Å². The van der Waals surface area contributed by atoms with Crippen molar-refractivity contribution >= 4 is 49.4 Å². The van der Waals surface area contributed by atoms with Crippen LogP contribution >= 0.6 is 38.5 Å². The first-order valence-corrected chi connectivity index (χ1v) is 8.47. The Balaban J connectivity index is 1.96. The summed E-state index contributed by atoms with van der Waals surface area (Å²) in [5.41, 5.74) is 2.91. The zero-order valence-electron chi connectivity index (χ0n) is 11.4. The minimum Gasteiger partial charge on any atom is -0.388 e. The number of aliphatic hydroxyl groups excluding tert-OH is 1. The second-order valence-corrected chi connectivity index (χ2v) is 7.07. The number of aliphatic hydroxyl groups is 1. The third kappa shape index (κ3) is 3.00. The summed E-state index contributed by atoms with van der Waals surface area (Å²) in [5, 5.41) is 16.2. The Morgan fingerprint density at radius 2 is 2.05 bits per heavy atom. The molecule has 0 aliphatic carbocycles. The van der Waals surface area contributed by atoms with E-state index in [0.29, 0.717) is 6.42 Å². The lowest BCUT2D eigenvalue weighted by Gasteiger charge is -2.12. The van der Waals surface area contributed by atoms with E-state index in [1.807, 2.05) is 54.2 Å². The van der Waals surface area contributed by atoms with E-state index in [1.165, 1.54) is 0 Å². The molecule has 3 aromatic rings. The van der Waals surface area contributed by atoms with Crippen LogP contribution in [0.1, 0.15) is 17.4 Å². The van der Waals surface area contributed by atoms with Gasteiger partial charge >= 0.3 is 0 Å². The van der Waals surface area contributed by atoms with Crippen LogP contribution < -0.4 is 0 Å². The van der Waals surface area contributed by atoms with Gasteiger partial charge in [0, 0.05) is 26.9 Å². The Morgan fingerprint density at radius 1 is 1.29 bits per heavy atom. The summed E-state index contributed by atoms with van der Waals surface area (Å²) in [7, 11) is 1.93. The van der Waals surface area contributed by atoms with Crippen molar-refractivity contribution in [2.75, 3.05) is 0 Å². The predicted octanol–water partition coefficient (Wildman–Crippen LogP) is 4.22. The monoisotopic (exact) mass is 456 g/mol. The average molecular weight is 457 g/mol. The fourth-order valence-electron chi connectivity index (χ4n) is 2.50. The van der Waals surface area contributed by atoms with Gasteiger partial charge in [-0.25, -0.2) is 0 Å². The van der Waals surface area contributed by atoms with Gasteiger partial charge in [-0.15, -0.1) is 0 Å². The second-order valence-electron chi connectivity index (χ2n) is 4.97. The van der Waals surface area contributed by atoms with Gasteiger partial charge in [0.15, 0.2) is 0 Å². The first-order valence-electron chi connectivity index (χ1n) is 6.60. The average Bonchev–Trinajstić information content (AvgIpc) is 2.78. The molecule has 0 radical (unpaired) electrons. The molecular weight excluding hydrogens is 443 g/mol.